The van der Waals surface area contributed by atoms with Crippen LogP contribution in [-0.2, 0) is 11.3 Å². The lowest BCUT2D eigenvalue weighted by Gasteiger charge is -2.16. The number of hydrogen-bond donors (Lipinski definition) is 0. The van der Waals surface area contributed by atoms with E-state index < -0.39 is 11.8 Å². The van der Waals surface area contributed by atoms with Crippen LogP contribution in [0.25, 0.3) is 32.8 Å². The predicted octanol–water partition coefficient (Wildman–Crippen LogP) is 4.88. The highest BCUT2D eigenvalue weighted by Gasteiger charge is 2.29. The van der Waals surface area contributed by atoms with E-state index in [-0.39, 0.29) is 12.1 Å². The fourth-order valence-electron chi connectivity index (χ4n) is 3.99. The first-order valence-electron chi connectivity index (χ1n) is 9.04. The number of benzene rings is 3. The maximum atomic E-state index is 14.4. The van der Waals surface area contributed by atoms with Crippen molar-refractivity contribution >= 4 is 27.6 Å². The average molecular weight is 389 g/mol. The Hall–Kier alpha value is -3.67. The number of rotatable bonds is 3. The van der Waals surface area contributed by atoms with Gasteiger partial charge >= 0.3 is 5.97 Å². The number of fused-ring (bicyclic) bond motifs is 3. The lowest BCUT2D eigenvalue weighted by molar-refractivity contribution is 0.0535. The SMILES string of the molecule is COc1cc2cc3c(c(-c4ccnc5c(F)cccc45)c2cc1OC)C(=O)OC3. The van der Waals surface area contributed by atoms with E-state index in [2.05, 4.69) is 4.98 Å². The number of nitrogens with zero attached hydrogens (tertiary/aromatic N) is 1. The Kier molecular flexibility index (Phi) is 3.87. The van der Waals surface area contributed by atoms with Gasteiger partial charge in [-0.2, -0.15) is 0 Å². The van der Waals surface area contributed by atoms with Gasteiger partial charge in [-0.1, -0.05) is 12.1 Å². The second kappa shape index (κ2) is 6.44. The van der Waals surface area contributed by atoms with Crippen molar-refractivity contribution in [2.45, 2.75) is 6.61 Å². The summed E-state index contributed by atoms with van der Waals surface area (Å²) >= 11 is 0. The summed E-state index contributed by atoms with van der Waals surface area (Å²) < 4.78 is 30.6. The molecule has 0 unspecified atom stereocenters. The molecule has 6 heteroatoms. The fraction of sp³-hybridized carbons (Fsp3) is 0.130. The molecule has 1 aliphatic rings. The van der Waals surface area contributed by atoms with Crippen LogP contribution in [0.15, 0.2) is 48.7 Å². The normalized spacial score (nSPS) is 12.9. The number of hydrogen-bond acceptors (Lipinski definition) is 5. The zero-order valence-electron chi connectivity index (χ0n) is 15.8. The maximum Gasteiger partial charge on any atom is 0.339 e. The van der Waals surface area contributed by atoms with Crippen LogP contribution in [0.2, 0.25) is 0 Å². The minimum absolute atomic E-state index is 0.197. The topological polar surface area (TPSA) is 57.7 Å². The quantitative estimate of drug-likeness (QED) is 0.468. The lowest BCUT2D eigenvalue weighted by Crippen LogP contribution is -2.00. The summed E-state index contributed by atoms with van der Waals surface area (Å²) in [5.41, 5.74) is 2.91. The number of carbonyl (C=O) groups excluding carboxylic acids is 1. The summed E-state index contributed by atoms with van der Waals surface area (Å²) in [6, 6.07) is 12.2. The second-order valence-electron chi connectivity index (χ2n) is 6.78. The number of methoxy groups -OCH3 is 2. The molecule has 1 aromatic heterocycles. The lowest BCUT2D eigenvalue weighted by atomic mass is 9.89. The van der Waals surface area contributed by atoms with Gasteiger partial charge in [-0.3, -0.25) is 4.98 Å². The third kappa shape index (κ3) is 2.52. The molecule has 5 rings (SSSR count). The molecule has 0 amide bonds. The largest absolute Gasteiger partial charge is 0.493 e. The van der Waals surface area contributed by atoms with E-state index in [4.69, 9.17) is 14.2 Å². The number of aromatic nitrogens is 1. The molecule has 2 heterocycles. The molecule has 0 N–H and O–H groups in total. The highest BCUT2D eigenvalue weighted by molar-refractivity contribution is 6.14. The van der Waals surface area contributed by atoms with Crippen LogP contribution in [0.5, 0.6) is 11.5 Å². The summed E-state index contributed by atoms with van der Waals surface area (Å²) in [6.07, 6.45) is 1.55. The molecule has 0 fully saturated rings. The molecule has 4 aromatic rings. The molecule has 29 heavy (non-hydrogen) atoms. The summed E-state index contributed by atoms with van der Waals surface area (Å²) in [4.78, 5) is 16.8. The minimum Gasteiger partial charge on any atom is -0.493 e. The van der Waals surface area contributed by atoms with Crippen molar-refractivity contribution in [3.8, 4) is 22.6 Å². The summed E-state index contributed by atoms with van der Waals surface area (Å²) in [6.45, 7) is 0.197. The van der Waals surface area contributed by atoms with Crippen LogP contribution < -0.4 is 9.47 Å². The van der Waals surface area contributed by atoms with Crippen LogP contribution in [0.1, 0.15) is 15.9 Å². The zero-order chi connectivity index (χ0) is 20.1. The van der Waals surface area contributed by atoms with E-state index >= 15 is 0 Å². The van der Waals surface area contributed by atoms with Gasteiger partial charge < -0.3 is 14.2 Å². The number of carbonyl (C=O) groups is 1. The van der Waals surface area contributed by atoms with Crippen LogP contribution in [0.3, 0.4) is 0 Å². The molecule has 0 spiro atoms. The summed E-state index contributed by atoms with van der Waals surface area (Å²) in [7, 11) is 3.13. The predicted molar refractivity (Wildman–Crippen MR) is 107 cm³/mol. The van der Waals surface area contributed by atoms with Gasteiger partial charge in [0.15, 0.2) is 11.5 Å². The molecule has 144 valence electrons. The van der Waals surface area contributed by atoms with Crippen molar-refractivity contribution in [2.24, 2.45) is 0 Å². The van der Waals surface area contributed by atoms with E-state index in [9.17, 15) is 9.18 Å². The van der Waals surface area contributed by atoms with E-state index in [1.54, 1.807) is 38.6 Å². The molecule has 0 bridgehead atoms. The van der Waals surface area contributed by atoms with Crippen molar-refractivity contribution in [2.75, 3.05) is 14.2 Å². The first kappa shape index (κ1) is 17.4. The van der Waals surface area contributed by atoms with Gasteiger partial charge in [0.2, 0.25) is 0 Å². The number of ether oxygens (including phenoxy) is 3. The minimum atomic E-state index is -0.414. The standard InChI is InChI=1S/C23H16FNO4/c1-27-18-9-12-8-13-11-29-23(26)20(13)21(16(12)10-19(18)28-2)14-6-7-25-22-15(14)4-3-5-17(22)24/h3-10H,11H2,1-2H3. The van der Waals surface area contributed by atoms with Gasteiger partial charge in [-0.15, -0.1) is 0 Å². The summed E-state index contributed by atoms with van der Waals surface area (Å²) in [5, 5.41) is 2.28. The molecule has 0 saturated heterocycles. The van der Waals surface area contributed by atoms with Gasteiger partial charge in [-0.25, -0.2) is 9.18 Å². The number of cyclic esters (lactones) is 1. The Balaban J connectivity index is 1.97. The van der Waals surface area contributed by atoms with Gasteiger partial charge in [0.05, 0.1) is 19.8 Å². The average Bonchev–Trinajstić information content (AvgIpc) is 3.11. The second-order valence-corrected chi connectivity index (χ2v) is 6.78. The molecule has 0 aliphatic carbocycles. The molecule has 3 aromatic carbocycles. The van der Waals surface area contributed by atoms with Crippen molar-refractivity contribution < 1.29 is 23.4 Å². The Morgan fingerprint density at radius 1 is 1.00 bits per heavy atom. The smallest absolute Gasteiger partial charge is 0.339 e. The van der Waals surface area contributed by atoms with E-state index in [1.165, 1.54) is 6.07 Å². The number of halogens is 1. The van der Waals surface area contributed by atoms with Gasteiger partial charge in [0, 0.05) is 22.7 Å². The molecule has 5 nitrogen and oxygen atoms in total. The Bertz CT molecular complexity index is 1320. The number of pyridine rings is 1. The molecule has 0 saturated carbocycles. The van der Waals surface area contributed by atoms with Crippen LogP contribution in [-0.4, -0.2) is 25.2 Å². The first-order chi connectivity index (χ1) is 14.1. The molecule has 0 radical (unpaired) electrons. The maximum absolute atomic E-state index is 14.4. The van der Waals surface area contributed by atoms with Gasteiger partial charge in [0.25, 0.3) is 0 Å². The number of para-hydroxylation sites is 1. The molecule has 1 aliphatic heterocycles. The van der Waals surface area contributed by atoms with E-state index in [0.29, 0.717) is 33.6 Å². The fourth-order valence-corrected chi connectivity index (χ4v) is 3.99. The monoisotopic (exact) mass is 389 g/mol. The van der Waals surface area contributed by atoms with Crippen LogP contribution in [0.4, 0.5) is 4.39 Å². The third-order valence-electron chi connectivity index (χ3n) is 5.28. The Morgan fingerprint density at radius 3 is 2.59 bits per heavy atom. The summed E-state index contributed by atoms with van der Waals surface area (Å²) in [5.74, 6) is 0.315. The van der Waals surface area contributed by atoms with Gasteiger partial charge in [-0.05, 0) is 46.7 Å². The van der Waals surface area contributed by atoms with Crippen LogP contribution in [0, 0.1) is 5.82 Å². The third-order valence-corrected chi connectivity index (χ3v) is 5.28. The van der Waals surface area contributed by atoms with Crippen molar-refractivity contribution in [1.82, 2.24) is 4.98 Å². The van der Waals surface area contributed by atoms with Gasteiger partial charge in [0.1, 0.15) is 17.9 Å². The zero-order valence-corrected chi connectivity index (χ0v) is 15.8. The highest BCUT2D eigenvalue weighted by Crippen LogP contribution is 2.44. The van der Waals surface area contributed by atoms with Crippen LogP contribution >= 0.6 is 0 Å². The van der Waals surface area contributed by atoms with Crippen molar-refractivity contribution in [3.63, 3.8) is 0 Å². The van der Waals surface area contributed by atoms with Crippen molar-refractivity contribution in [1.29, 1.82) is 0 Å². The number of esters is 1. The van der Waals surface area contributed by atoms with E-state index in [1.807, 2.05) is 18.2 Å². The van der Waals surface area contributed by atoms with Crippen molar-refractivity contribution in [3.05, 3.63) is 65.6 Å². The van der Waals surface area contributed by atoms with E-state index in [0.717, 1.165) is 16.3 Å². The molecule has 0 atom stereocenters. The Labute approximate surface area is 165 Å². The molecular weight excluding hydrogens is 373 g/mol. The Morgan fingerprint density at radius 2 is 1.79 bits per heavy atom. The first-order valence-corrected chi connectivity index (χ1v) is 9.04. The highest BCUT2D eigenvalue weighted by atomic mass is 19.1. The molecular formula is C23H16FNO4.